The Kier molecular flexibility index (Phi) is 6.79. The lowest BCUT2D eigenvalue weighted by Gasteiger charge is -2.20. The SMILES string of the molecule is CN=C(NCc1cc(C(C)C)no1)NCC1CCN(c2cccc(OC)c2)C1. The number of nitrogens with zero attached hydrogens (tertiary/aromatic N) is 3. The predicted molar refractivity (Wildman–Crippen MR) is 112 cm³/mol. The van der Waals surface area contributed by atoms with E-state index in [1.54, 1.807) is 14.2 Å². The number of nitrogens with one attached hydrogen (secondary N) is 2. The maximum Gasteiger partial charge on any atom is 0.191 e. The van der Waals surface area contributed by atoms with Crippen LogP contribution in [0.25, 0.3) is 0 Å². The summed E-state index contributed by atoms with van der Waals surface area (Å²) >= 11 is 0. The second kappa shape index (κ2) is 9.48. The van der Waals surface area contributed by atoms with E-state index in [0.717, 1.165) is 49.2 Å². The van der Waals surface area contributed by atoms with Gasteiger partial charge in [0.1, 0.15) is 5.75 Å². The summed E-state index contributed by atoms with van der Waals surface area (Å²) in [5.41, 5.74) is 2.19. The molecule has 3 rings (SSSR count). The van der Waals surface area contributed by atoms with Crippen LogP contribution in [0.15, 0.2) is 39.8 Å². The Bertz CT molecular complexity index is 787. The van der Waals surface area contributed by atoms with Gasteiger partial charge in [-0.25, -0.2) is 0 Å². The number of aliphatic imine (C=N–C) groups is 1. The van der Waals surface area contributed by atoms with E-state index in [2.05, 4.69) is 51.7 Å². The number of hydrogen-bond donors (Lipinski definition) is 2. The topological polar surface area (TPSA) is 74.9 Å². The zero-order chi connectivity index (χ0) is 19.9. The molecule has 0 amide bonds. The number of hydrogen-bond acceptors (Lipinski definition) is 5. The Labute approximate surface area is 167 Å². The van der Waals surface area contributed by atoms with Crippen molar-refractivity contribution in [3.05, 3.63) is 41.8 Å². The number of benzene rings is 1. The molecule has 1 aliphatic rings. The van der Waals surface area contributed by atoms with Crippen LogP contribution in [0.1, 0.15) is 37.6 Å². The lowest BCUT2D eigenvalue weighted by atomic mass is 10.1. The Balaban J connectivity index is 1.45. The molecular formula is C21H31N5O2. The molecule has 0 bridgehead atoms. The van der Waals surface area contributed by atoms with Crippen LogP contribution in [0.2, 0.25) is 0 Å². The van der Waals surface area contributed by atoms with E-state index in [1.807, 2.05) is 18.2 Å². The highest BCUT2D eigenvalue weighted by molar-refractivity contribution is 5.79. The van der Waals surface area contributed by atoms with E-state index < -0.39 is 0 Å². The van der Waals surface area contributed by atoms with Crippen LogP contribution in [0.3, 0.4) is 0 Å². The summed E-state index contributed by atoms with van der Waals surface area (Å²) < 4.78 is 10.7. The average molecular weight is 386 g/mol. The fourth-order valence-corrected chi connectivity index (χ4v) is 3.36. The van der Waals surface area contributed by atoms with Gasteiger partial charge < -0.3 is 24.8 Å². The number of methoxy groups -OCH3 is 1. The minimum Gasteiger partial charge on any atom is -0.497 e. The van der Waals surface area contributed by atoms with Crippen molar-refractivity contribution in [1.82, 2.24) is 15.8 Å². The van der Waals surface area contributed by atoms with E-state index in [-0.39, 0.29) is 0 Å². The number of aromatic nitrogens is 1. The van der Waals surface area contributed by atoms with Gasteiger partial charge in [-0.15, -0.1) is 0 Å². The molecule has 1 aromatic carbocycles. The molecule has 1 unspecified atom stereocenters. The van der Waals surface area contributed by atoms with E-state index in [1.165, 1.54) is 5.69 Å². The van der Waals surface area contributed by atoms with Gasteiger partial charge in [0.05, 0.1) is 19.3 Å². The molecule has 2 N–H and O–H groups in total. The zero-order valence-electron chi connectivity index (χ0n) is 17.2. The van der Waals surface area contributed by atoms with Gasteiger partial charge in [0.15, 0.2) is 11.7 Å². The van der Waals surface area contributed by atoms with Crippen LogP contribution in [0.4, 0.5) is 5.69 Å². The monoisotopic (exact) mass is 385 g/mol. The third-order valence-electron chi connectivity index (χ3n) is 5.08. The van der Waals surface area contributed by atoms with Crippen LogP contribution in [-0.4, -0.2) is 44.9 Å². The fourth-order valence-electron chi connectivity index (χ4n) is 3.36. The average Bonchev–Trinajstić information content (AvgIpc) is 3.38. The van der Waals surface area contributed by atoms with E-state index in [4.69, 9.17) is 9.26 Å². The Hall–Kier alpha value is -2.70. The quantitative estimate of drug-likeness (QED) is 0.564. The zero-order valence-corrected chi connectivity index (χ0v) is 17.2. The Morgan fingerprint density at radius 1 is 1.36 bits per heavy atom. The first-order valence-electron chi connectivity index (χ1n) is 9.88. The van der Waals surface area contributed by atoms with Crippen LogP contribution < -0.4 is 20.3 Å². The highest BCUT2D eigenvalue weighted by atomic mass is 16.5. The van der Waals surface area contributed by atoms with Gasteiger partial charge in [-0.3, -0.25) is 4.99 Å². The van der Waals surface area contributed by atoms with Gasteiger partial charge in [-0.2, -0.15) is 0 Å². The fraction of sp³-hybridized carbons (Fsp3) is 0.524. The third kappa shape index (κ3) is 5.18. The van der Waals surface area contributed by atoms with Gasteiger partial charge in [0, 0.05) is 44.5 Å². The summed E-state index contributed by atoms with van der Waals surface area (Å²) in [7, 11) is 3.49. The van der Waals surface area contributed by atoms with Crippen LogP contribution in [0.5, 0.6) is 5.75 Å². The number of rotatable bonds is 7. The molecule has 2 heterocycles. The molecular weight excluding hydrogens is 354 g/mol. The minimum absolute atomic E-state index is 0.366. The molecule has 0 saturated carbocycles. The first-order chi connectivity index (χ1) is 13.6. The molecule has 2 aromatic rings. The van der Waals surface area contributed by atoms with Crippen molar-refractivity contribution in [3.8, 4) is 5.75 Å². The van der Waals surface area contributed by atoms with Gasteiger partial charge in [0.2, 0.25) is 0 Å². The molecule has 1 saturated heterocycles. The number of ether oxygens (including phenoxy) is 1. The summed E-state index contributed by atoms with van der Waals surface area (Å²) in [6, 6.07) is 10.3. The van der Waals surface area contributed by atoms with Gasteiger partial charge in [-0.1, -0.05) is 25.1 Å². The normalized spacial score (nSPS) is 17.2. The van der Waals surface area contributed by atoms with Crippen molar-refractivity contribution in [1.29, 1.82) is 0 Å². The molecule has 28 heavy (non-hydrogen) atoms. The second-order valence-corrected chi connectivity index (χ2v) is 7.48. The third-order valence-corrected chi connectivity index (χ3v) is 5.08. The molecule has 1 fully saturated rings. The van der Waals surface area contributed by atoms with E-state index >= 15 is 0 Å². The molecule has 1 atom stereocenters. The summed E-state index contributed by atoms with van der Waals surface area (Å²) in [6.45, 7) is 7.74. The maximum atomic E-state index is 5.37. The molecule has 0 spiro atoms. The molecule has 152 valence electrons. The molecule has 1 aliphatic heterocycles. The molecule has 0 aliphatic carbocycles. The highest BCUT2D eigenvalue weighted by Gasteiger charge is 2.23. The first kappa shape index (κ1) is 20.0. The predicted octanol–water partition coefficient (Wildman–Crippen LogP) is 3.00. The van der Waals surface area contributed by atoms with Crippen LogP contribution in [0, 0.1) is 5.92 Å². The lowest BCUT2D eigenvalue weighted by molar-refractivity contribution is 0.371. The number of guanidine groups is 1. The molecule has 7 nitrogen and oxygen atoms in total. The van der Waals surface area contributed by atoms with Crippen molar-refractivity contribution in [3.63, 3.8) is 0 Å². The first-order valence-corrected chi connectivity index (χ1v) is 9.88. The number of anilines is 1. The van der Waals surface area contributed by atoms with Gasteiger partial charge >= 0.3 is 0 Å². The van der Waals surface area contributed by atoms with Crippen LogP contribution >= 0.6 is 0 Å². The van der Waals surface area contributed by atoms with Crippen molar-refractivity contribution >= 4 is 11.6 Å². The Morgan fingerprint density at radius 3 is 2.93 bits per heavy atom. The molecule has 7 heteroatoms. The summed E-state index contributed by atoms with van der Waals surface area (Å²) in [6.07, 6.45) is 1.15. The van der Waals surface area contributed by atoms with Crippen molar-refractivity contribution in [2.75, 3.05) is 38.7 Å². The van der Waals surface area contributed by atoms with Crippen molar-refractivity contribution < 1.29 is 9.26 Å². The van der Waals surface area contributed by atoms with E-state index in [9.17, 15) is 0 Å². The lowest BCUT2D eigenvalue weighted by Crippen LogP contribution is -2.39. The highest BCUT2D eigenvalue weighted by Crippen LogP contribution is 2.26. The Morgan fingerprint density at radius 2 is 2.21 bits per heavy atom. The summed E-state index contributed by atoms with van der Waals surface area (Å²) in [5.74, 6) is 3.43. The minimum atomic E-state index is 0.366. The largest absolute Gasteiger partial charge is 0.497 e. The second-order valence-electron chi connectivity index (χ2n) is 7.48. The summed E-state index contributed by atoms with van der Waals surface area (Å²) in [4.78, 5) is 6.72. The van der Waals surface area contributed by atoms with Crippen LogP contribution in [-0.2, 0) is 6.54 Å². The standard InChI is InChI=1S/C21H31N5O2/c1-15(2)20-11-19(28-25-20)13-24-21(22-3)23-12-16-8-9-26(14-16)17-6-5-7-18(10-17)27-4/h5-7,10-11,15-16H,8-9,12-14H2,1-4H3,(H2,22,23,24). The molecule has 0 radical (unpaired) electrons. The van der Waals surface area contributed by atoms with Gasteiger partial charge in [-0.05, 0) is 30.4 Å². The summed E-state index contributed by atoms with van der Waals surface area (Å²) in [5, 5.41) is 10.8. The van der Waals surface area contributed by atoms with Crippen molar-refractivity contribution in [2.24, 2.45) is 10.9 Å². The van der Waals surface area contributed by atoms with Crippen molar-refractivity contribution in [2.45, 2.75) is 32.7 Å². The smallest absolute Gasteiger partial charge is 0.191 e. The van der Waals surface area contributed by atoms with Gasteiger partial charge in [0.25, 0.3) is 0 Å². The van der Waals surface area contributed by atoms with E-state index in [0.29, 0.717) is 18.4 Å². The molecule has 1 aromatic heterocycles. The maximum absolute atomic E-state index is 5.37.